The highest BCUT2D eigenvalue weighted by molar-refractivity contribution is 6.29. The van der Waals surface area contributed by atoms with Crippen molar-refractivity contribution in [2.75, 3.05) is 26.2 Å². The number of ether oxygens (including phenoxy) is 1. The fraction of sp³-hybridized carbons (Fsp3) is 0.353. The van der Waals surface area contributed by atoms with Crippen molar-refractivity contribution in [3.05, 3.63) is 58.9 Å². The second kappa shape index (κ2) is 7.59. The number of halogens is 4. The minimum absolute atomic E-state index is 0.105. The first kappa shape index (κ1) is 18.0. The average molecular weight is 372 g/mol. The molecule has 0 spiro atoms. The lowest BCUT2D eigenvalue weighted by Crippen LogP contribution is -2.45. The fourth-order valence-corrected chi connectivity index (χ4v) is 3.07. The Hall–Kier alpha value is -1.83. The molecule has 25 heavy (non-hydrogen) atoms. The third kappa shape index (κ3) is 4.84. The molecule has 0 bridgehead atoms. The molecule has 0 radical (unpaired) electrons. The molecule has 1 aliphatic heterocycles. The molecule has 2 aromatic rings. The van der Waals surface area contributed by atoms with Crippen LogP contribution in [0.15, 0.2) is 42.6 Å². The number of nitrogens with one attached hydrogen (secondary N) is 1. The topological polar surface area (TPSA) is 37.4 Å². The van der Waals surface area contributed by atoms with Gasteiger partial charge >= 0.3 is 6.36 Å². The summed E-state index contributed by atoms with van der Waals surface area (Å²) in [5.74, 6) is -0.232. The third-order valence-corrected chi connectivity index (χ3v) is 4.24. The van der Waals surface area contributed by atoms with E-state index in [0.29, 0.717) is 5.15 Å². The Balaban J connectivity index is 1.89. The maximum atomic E-state index is 12.3. The second-order valence-electron chi connectivity index (χ2n) is 5.72. The van der Waals surface area contributed by atoms with Crippen LogP contribution in [-0.4, -0.2) is 42.4 Å². The first-order valence-electron chi connectivity index (χ1n) is 7.84. The molecule has 1 saturated heterocycles. The zero-order valence-corrected chi connectivity index (χ0v) is 14.0. The summed E-state index contributed by atoms with van der Waals surface area (Å²) in [6.45, 7) is 3.36. The van der Waals surface area contributed by atoms with Gasteiger partial charge in [-0.3, -0.25) is 4.90 Å². The number of nitrogens with zero attached hydrogens (tertiary/aromatic N) is 2. The Morgan fingerprint density at radius 1 is 1.04 bits per heavy atom. The minimum atomic E-state index is -4.69. The van der Waals surface area contributed by atoms with E-state index in [0.717, 1.165) is 37.3 Å². The molecule has 1 aromatic heterocycles. The van der Waals surface area contributed by atoms with Crippen molar-refractivity contribution in [2.24, 2.45) is 0 Å². The SMILES string of the molecule is FC(F)(F)Oc1ccc([C@H](c2ccc(Cl)nc2)N2CCNCC2)cc1. The van der Waals surface area contributed by atoms with Gasteiger partial charge in [0.15, 0.2) is 0 Å². The summed E-state index contributed by atoms with van der Waals surface area (Å²) < 4.78 is 41.0. The zero-order chi connectivity index (χ0) is 17.9. The van der Waals surface area contributed by atoms with E-state index in [2.05, 4.69) is 19.9 Å². The van der Waals surface area contributed by atoms with Crippen LogP contribution in [0, 0.1) is 0 Å². The van der Waals surface area contributed by atoms with Gasteiger partial charge in [-0.05, 0) is 29.3 Å². The van der Waals surface area contributed by atoms with Crippen LogP contribution < -0.4 is 10.1 Å². The van der Waals surface area contributed by atoms with Gasteiger partial charge in [0, 0.05) is 32.4 Å². The van der Waals surface area contributed by atoms with Crippen LogP contribution in [0.25, 0.3) is 0 Å². The Kier molecular flexibility index (Phi) is 5.46. The van der Waals surface area contributed by atoms with E-state index in [9.17, 15) is 13.2 Å². The van der Waals surface area contributed by atoms with E-state index in [1.165, 1.54) is 12.1 Å². The molecule has 1 aliphatic rings. The molecule has 1 fully saturated rings. The predicted molar refractivity (Wildman–Crippen MR) is 88.7 cm³/mol. The van der Waals surface area contributed by atoms with Crippen LogP contribution in [-0.2, 0) is 0 Å². The van der Waals surface area contributed by atoms with E-state index >= 15 is 0 Å². The highest BCUT2D eigenvalue weighted by atomic mass is 35.5. The lowest BCUT2D eigenvalue weighted by Gasteiger charge is -2.35. The second-order valence-corrected chi connectivity index (χ2v) is 6.11. The minimum Gasteiger partial charge on any atom is -0.406 e. The number of rotatable bonds is 4. The monoisotopic (exact) mass is 371 g/mol. The molecule has 0 amide bonds. The summed E-state index contributed by atoms with van der Waals surface area (Å²) in [6, 6.07) is 9.48. The van der Waals surface area contributed by atoms with Gasteiger partial charge in [-0.2, -0.15) is 0 Å². The van der Waals surface area contributed by atoms with Crippen molar-refractivity contribution in [3.63, 3.8) is 0 Å². The summed E-state index contributed by atoms with van der Waals surface area (Å²) in [5, 5.41) is 3.69. The maximum absolute atomic E-state index is 12.3. The van der Waals surface area contributed by atoms with Crippen molar-refractivity contribution >= 4 is 11.6 Å². The summed E-state index contributed by atoms with van der Waals surface area (Å²) in [7, 11) is 0. The van der Waals surface area contributed by atoms with Gasteiger partial charge in [0.25, 0.3) is 0 Å². The Morgan fingerprint density at radius 3 is 2.24 bits per heavy atom. The smallest absolute Gasteiger partial charge is 0.406 e. The molecular weight excluding hydrogens is 355 g/mol. The summed E-state index contributed by atoms with van der Waals surface area (Å²) >= 11 is 5.87. The van der Waals surface area contributed by atoms with Gasteiger partial charge in [-0.25, -0.2) is 4.98 Å². The Morgan fingerprint density at radius 2 is 1.68 bits per heavy atom. The maximum Gasteiger partial charge on any atom is 0.573 e. The van der Waals surface area contributed by atoms with Crippen molar-refractivity contribution < 1.29 is 17.9 Å². The van der Waals surface area contributed by atoms with Gasteiger partial charge < -0.3 is 10.1 Å². The highest BCUT2D eigenvalue weighted by Gasteiger charge is 2.31. The fourth-order valence-electron chi connectivity index (χ4n) is 2.96. The van der Waals surface area contributed by atoms with Gasteiger partial charge in [0.05, 0.1) is 6.04 Å². The summed E-state index contributed by atoms with van der Waals surface area (Å²) in [4.78, 5) is 6.40. The molecule has 0 aliphatic carbocycles. The predicted octanol–water partition coefficient (Wildman–Crippen LogP) is 3.63. The number of benzene rings is 1. The van der Waals surface area contributed by atoms with E-state index in [1.54, 1.807) is 24.4 Å². The van der Waals surface area contributed by atoms with Crippen LogP contribution in [0.3, 0.4) is 0 Å². The van der Waals surface area contributed by atoms with Crippen LogP contribution in [0.5, 0.6) is 5.75 Å². The Labute approximate surface area is 148 Å². The number of pyridine rings is 1. The lowest BCUT2D eigenvalue weighted by molar-refractivity contribution is -0.274. The number of alkyl halides is 3. The normalized spacial score (nSPS) is 17.3. The molecule has 134 valence electrons. The highest BCUT2D eigenvalue weighted by Crippen LogP contribution is 2.31. The lowest BCUT2D eigenvalue weighted by atomic mass is 9.97. The van der Waals surface area contributed by atoms with Crippen LogP contribution in [0.2, 0.25) is 5.15 Å². The summed E-state index contributed by atoms with van der Waals surface area (Å²) in [5.41, 5.74) is 1.82. The molecule has 2 heterocycles. The average Bonchev–Trinajstić information content (AvgIpc) is 2.58. The van der Waals surface area contributed by atoms with Crippen LogP contribution >= 0.6 is 11.6 Å². The van der Waals surface area contributed by atoms with Gasteiger partial charge in [-0.1, -0.05) is 29.8 Å². The van der Waals surface area contributed by atoms with Gasteiger partial charge in [0.1, 0.15) is 10.9 Å². The third-order valence-electron chi connectivity index (χ3n) is 4.01. The van der Waals surface area contributed by atoms with Crippen LogP contribution in [0.4, 0.5) is 13.2 Å². The standard InChI is InChI=1S/C17H17ClF3N3O/c18-15-6-3-13(11-23-15)16(24-9-7-22-8-10-24)12-1-4-14(5-2-12)25-17(19,20)21/h1-6,11,16,22H,7-10H2/t16-/m1/s1. The number of hydrogen-bond donors (Lipinski definition) is 1. The number of aromatic nitrogens is 1. The van der Waals surface area contributed by atoms with Crippen molar-refractivity contribution in [1.82, 2.24) is 15.2 Å². The number of piperazine rings is 1. The molecule has 3 rings (SSSR count). The van der Waals surface area contributed by atoms with E-state index in [4.69, 9.17) is 11.6 Å². The van der Waals surface area contributed by atoms with Crippen LogP contribution in [0.1, 0.15) is 17.2 Å². The van der Waals surface area contributed by atoms with Crippen molar-refractivity contribution in [3.8, 4) is 5.75 Å². The first-order chi connectivity index (χ1) is 11.9. The molecule has 8 heteroatoms. The molecule has 4 nitrogen and oxygen atoms in total. The molecule has 1 atom stereocenters. The largest absolute Gasteiger partial charge is 0.573 e. The zero-order valence-electron chi connectivity index (χ0n) is 13.3. The van der Waals surface area contributed by atoms with E-state index in [-0.39, 0.29) is 11.8 Å². The van der Waals surface area contributed by atoms with E-state index < -0.39 is 6.36 Å². The molecular formula is C17H17ClF3N3O. The van der Waals surface area contributed by atoms with Crippen molar-refractivity contribution in [2.45, 2.75) is 12.4 Å². The quantitative estimate of drug-likeness (QED) is 0.833. The van der Waals surface area contributed by atoms with Gasteiger partial charge in [0.2, 0.25) is 0 Å². The first-order valence-corrected chi connectivity index (χ1v) is 8.22. The summed E-state index contributed by atoms with van der Waals surface area (Å²) in [6.07, 6.45) is -2.99. The molecule has 0 unspecified atom stereocenters. The van der Waals surface area contributed by atoms with Crippen molar-refractivity contribution in [1.29, 1.82) is 0 Å². The molecule has 0 saturated carbocycles. The molecule has 1 N–H and O–H groups in total. The van der Waals surface area contributed by atoms with Gasteiger partial charge in [-0.15, -0.1) is 13.2 Å². The number of hydrogen-bond acceptors (Lipinski definition) is 4. The van der Waals surface area contributed by atoms with E-state index in [1.807, 2.05) is 6.07 Å². The Bertz CT molecular complexity index is 686. The molecule has 1 aromatic carbocycles.